The standard InChI is InChI=1S/C17H23NO/c1-12-2-4-13(5-3-12)11-18-17(19)10-16-9-14-6-7-15(16)8-14/h2-5,14-16H,6-11H2,1H3,(H,18,19)/t14-,15-,16-/m1/s1. The first-order chi connectivity index (χ1) is 9.20. The van der Waals surface area contributed by atoms with Crippen LogP contribution in [-0.4, -0.2) is 5.91 Å². The van der Waals surface area contributed by atoms with Gasteiger partial charge in [-0.3, -0.25) is 4.79 Å². The van der Waals surface area contributed by atoms with Crippen LogP contribution in [0.2, 0.25) is 0 Å². The summed E-state index contributed by atoms with van der Waals surface area (Å²) < 4.78 is 0. The molecule has 2 heteroatoms. The third-order valence-corrected chi connectivity index (χ3v) is 4.94. The molecule has 0 saturated heterocycles. The van der Waals surface area contributed by atoms with Gasteiger partial charge in [-0.1, -0.05) is 36.2 Å². The van der Waals surface area contributed by atoms with Crippen molar-refractivity contribution in [3.63, 3.8) is 0 Å². The number of hydrogen-bond donors (Lipinski definition) is 1. The number of fused-ring (bicyclic) bond motifs is 2. The van der Waals surface area contributed by atoms with E-state index in [0.717, 1.165) is 18.3 Å². The maximum atomic E-state index is 12.0. The maximum absolute atomic E-state index is 12.0. The summed E-state index contributed by atoms with van der Waals surface area (Å²) in [6.45, 7) is 2.75. The quantitative estimate of drug-likeness (QED) is 0.879. The molecule has 1 aromatic rings. The Morgan fingerprint density at radius 2 is 2.00 bits per heavy atom. The number of aryl methyl sites for hydroxylation is 1. The van der Waals surface area contributed by atoms with Crippen molar-refractivity contribution < 1.29 is 4.79 Å². The Hall–Kier alpha value is -1.31. The smallest absolute Gasteiger partial charge is 0.220 e. The molecule has 0 unspecified atom stereocenters. The van der Waals surface area contributed by atoms with Gasteiger partial charge in [-0.15, -0.1) is 0 Å². The molecule has 2 nitrogen and oxygen atoms in total. The summed E-state index contributed by atoms with van der Waals surface area (Å²) in [5.74, 6) is 2.67. The molecule has 0 heterocycles. The zero-order valence-electron chi connectivity index (χ0n) is 11.7. The van der Waals surface area contributed by atoms with Crippen LogP contribution < -0.4 is 5.32 Å². The zero-order valence-corrected chi connectivity index (χ0v) is 11.7. The number of rotatable bonds is 4. The van der Waals surface area contributed by atoms with Crippen molar-refractivity contribution in [2.45, 2.75) is 45.6 Å². The molecule has 2 aliphatic carbocycles. The van der Waals surface area contributed by atoms with Gasteiger partial charge in [0.1, 0.15) is 0 Å². The second-order valence-electron chi connectivity index (χ2n) is 6.40. The SMILES string of the molecule is Cc1ccc(CNC(=O)C[C@H]2C[C@@H]3CC[C@@H]2C3)cc1. The van der Waals surface area contributed by atoms with E-state index in [9.17, 15) is 4.79 Å². The third-order valence-electron chi connectivity index (χ3n) is 4.94. The van der Waals surface area contributed by atoms with Crippen LogP contribution in [0, 0.1) is 24.7 Å². The fraction of sp³-hybridized carbons (Fsp3) is 0.588. The summed E-state index contributed by atoms with van der Waals surface area (Å²) in [6.07, 6.45) is 6.19. The molecular formula is C17H23NO. The highest BCUT2D eigenvalue weighted by Crippen LogP contribution is 2.49. The molecule has 102 valence electrons. The number of nitrogens with one attached hydrogen (secondary N) is 1. The Kier molecular flexibility index (Phi) is 3.58. The predicted molar refractivity (Wildman–Crippen MR) is 76.6 cm³/mol. The summed E-state index contributed by atoms with van der Waals surface area (Å²) in [6, 6.07) is 8.37. The summed E-state index contributed by atoms with van der Waals surface area (Å²) in [4.78, 5) is 12.0. The average Bonchev–Trinajstić information content (AvgIpc) is 3.00. The van der Waals surface area contributed by atoms with Crippen LogP contribution in [0.15, 0.2) is 24.3 Å². The van der Waals surface area contributed by atoms with Crippen LogP contribution in [0.3, 0.4) is 0 Å². The van der Waals surface area contributed by atoms with E-state index in [-0.39, 0.29) is 5.91 Å². The number of hydrogen-bond acceptors (Lipinski definition) is 1. The first-order valence-electron chi connectivity index (χ1n) is 7.53. The topological polar surface area (TPSA) is 29.1 Å². The van der Waals surface area contributed by atoms with Gasteiger partial charge in [0.15, 0.2) is 0 Å². The van der Waals surface area contributed by atoms with Gasteiger partial charge < -0.3 is 5.32 Å². The Bertz CT molecular complexity index is 451. The third kappa shape index (κ3) is 2.99. The highest BCUT2D eigenvalue weighted by molar-refractivity contribution is 5.76. The van der Waals surface area contributed by atoms with Crippen LogP contribution in [-0.2, 0) is 11.3 Å². The number of carbonyl (C=O) groups excluding carboxylic acids is 1. The molecule has 1 amide bonds. The second kappa shape index (κ2) is 5.36. The minimum atomic E-state index is 0.234. The largest absolute Gasteiger partial charge is 0.352 e. The van der Waals surface area contributed by atoms with Gasteiger partial charge in [0, 0.05) is 13.0 Å². The minimum Gasteiger partial charge on any atom is -0.352 e. The van der Waals surface area contributed by atoms with Crippen molar-refractivity contribution in [3.05, 3.63) is 35.4 Å². The van der Waals surface area contributed by atoms with Gasteiger partial charge in [-0.05, 0) is 49.5 Å². The van der Waals surface area contributed by atoms with Gasteiger partial charge in [0.25, 0.3) is 0 Å². The summed E-state index contributed by atoms with van der Waals surface area (Å²) in [5, 5.41) is 3.07. The Morgan fingerprint density at radius 3 is 2.63 bits per heavy atom. The molecule has 0 radical (unpaired) electrons. The number of benzene rings is 1. The van der Waals surface area contributed by atoms with Crippen molar-refractivity contribution >= 4 is 5.91 Å². The van der Waals surface area contributed by atoms with Crippen molar-refractivity contribution in [1.82, 2.24) is 5.32 Å². The lowest BCUT2D eigenvalue weighted by Crippen LogP contribution is -2.26. The van der Waals surface area contributed by atoms with E-state index in [1.165, 1.54) is 36.8 Å². The first kappa shape index (κ1) is 12.7. The molecule has 0 aliphatic heterocycles. The molecule has 19 heavy (non-hydrogen) atoms. The second-order valence-corrected chi connectivity index (χ2v) is 6.40. The summed E-state index contributed by atoms with van der Waals surface area (Å²) >= 11 is 0. The van der Waals surface area contributed by atoms with Gasteiger partial charge in [-0.2, -0.15) is 0 Å². The number of carbonyl (C=O) groups is 1. The Morgan fingerprint density at radius 1 is 1.21 bits per heavy atom. The van der Waals surface area contributed by atoms with Crippen LogP contribution >= 0.6 is 0 Å². The monoisotopic (exact) mass is 257 g/mol. The van der Waals surface area contributed by atoms with E-state index in [1.54, 1.807) is 0 Å². The molecule has 0 spiro atoms. The van der Waals surface area contributed by atoms with E-state index in [4.69, 9.17) is 0 Å². The van der Waals surface area contributed by atoms with Crippen LogP contribution in [0.1, 0.15) is 43.2 Å². The van der Waals surface area contributed by atoms with Crippen molar-refractivity contribution in [3.8, 4) is 0 Å². The lowest BCUT2D eigenvalue weighted by Gasteiger charge is -2.20. The summed E-state index contributed by atoms with van der Waals surface area (Å²) in [7, 11) is 0. The van der Waals surface area contributed by atoms with E-state index in [2.05, 4.69) is 36.5 Å². The van der Waals surface area contributed by atoms with Crippen LogP contribution in [0.4, 0.5) is 0 Å². The molecule has 2 fully saturated rings. The molecule has 0 aromatic heterocycles. The minimum absolute atomic E-state index is 0.234. The van der Waals surface area contributed by atoms with E-state index < -0.39 is 0 Å². The fourth-order valence-electron chi connectivity index (χ4n) is 3.84. The van der Waals surface area contributed by atoms with Crippen molar-refractivity contribution in [2.24, 2.45) is 17.8 Å². The van der Waals surface area contributed by atoms with Gasteiger partial charge in [0.2, 0.25) is 5.91 Å². The average molecular weight is 257 g/mol. The molecule has 3 atom stereocenters. The molecule has 1 N–H and O–H groups in total. The maximum Gasteiger partial charge on any atom is 0.220 e. The van der Waals surface area contributed by atoms with E-state index >= 15 is 0 Å². The predicted octanol–water partition coefficient (Wildman–Crippen LogP) is 3.44. The Balaban J connectivity index is 1.45. The van der Waals surface area contributed by atoms with Gasteiger partial charge in [-0.25, -0.2) is 0 Å². The highest BCUT2D eigenvalue weighted by Gasteiger charge is 2.39. The molecule has 2 saturated carbocycles. The van der Waals surface area contributed by atoms with Crippen molar-refractivity contribution in [2.75, 3.05) is 0 Å². The van der Waals surface area contributed by atoms with Crippen LogP contribution in [0.5, 0.6) is 0 Å². The van der Waals surface area contributed by atoms with E-state index in [0.29, 0.717) is 12.5 Å². The van der Waals surface area contributed by atoms with Gasteiger partial charge in [0.05, 0.1) is 0 Å². The molecule has 3 rings (SSSR count). The molecule has 1 aromatic carbocycles. The van der Waals surface area contributed by atoms with Crippen LogP contribution in [0.25, 0.3) is 0 Å². The normalized spacial score (nSPS) is 28.6. The fourth-order valence-corrected chi connectivity index (χ4v) is 3.84. The Labute approximate surface area is 115 Å². The molecular weight excluding hydrogens is 234 g/mol. The van der Waals surface area contributed by atoms with Crippen molar-refractivity contribution in [1.29, 1.82) is 0 Å². The highest BCUT2D eigenvalue weighted by atomic mass is 16.1. The summed E-state index contributed by atoms with van der Waals surface area (Å²) in [5.41, 5.74) is 2.45. The lowest BCUT2D eigenvalue weighted by molar-refractivity contribution is -0.122. The van der Waals surface area contributed by atoms with E-state index in [1.807, 2.05) is 0 Å². The zero-order chi connectivity index (χ0) is 13.2. The molecule has 2 aliphatic rings. The number of amides is 1. The van der Waals surface area contributed by atoms with Gasteiger partial charge >= 0.3 is 0 Å². The molecule has 2 bridgehead atoms. The first-order valence-corrected chi connectivity index (χ1v) is 7.53. The lowest BCUT2D eigenvalue weighted by atomic mass is 9.86.